The van der Waals surface area contributed by atoms with Crippen LogP contribution in [0.1, 0.15) is 30.1 Å². The first kappa shape index (κ1) is 18.1. The quantitative estimate of drug-likeness (QED) is 0.791. The molecule has 0 aromatic carbocycles. The maximum atomic E-state index is 12.9. The summed E-state index contributed by atoms with van der Waals surface area (Å²) in [6.07, 6.45) is 7.46. The van der Waals surface area contributed by atoms with Crippen LogP contribution in [0.25, 0.3) is 0 Å². The van der Waals surface area contributed by atoms with Crippen LogP contribution in [-0.2, 0) is 0 Å². The Morgan fingerprint density at radius 3 is 2.54 bits per heavy atom. The standard InChI is InChI=1S/C19H26N6O/c1-3-4-10-23(2)17-15-16(6-9-20-17)18(26)24-11-13-25(14-12-24)19-21-7-5-8-22-19/h5-9,15H,3-4,10-14H2,1-2H3. The molecule has 0 unspecified atom stereocenters. The van der Waals surface area contributed by atoms with Crippen molar-refractivity contribution in [2.45, 2.75) is 19.8 Å². The summed E-state index contributed by atoms with van der Waals surface area (Å²) in [6, 6.07) is 5.50. The molecular weight excluding hydrogens is 328 g/mol. The number of piperazine rings is 1. The third-order valence-corrected chi connectivity index (χ3v) is 4.63. The van der Waals surface area contributed by atoms with Gasteiger partial charge in [0.25, 0.3) is 5.91 Å². The summed E-state index contributed by atoms with van der Waals surface area (Å²) in [4.78, 5) is 31.9. The van der Waals surface area contributed by atoms with Crippen molar-refractivity contribution in [3.8, 4) is 0 Å². The van der Waals surface area contributed by atoms with Gasteiger partial charge >= 0.3 is 0 Å². The van der Waals surface area contributed by atoms with Gasteiger partial charge in [-0.05, 0) is 24.6 Å². The Balaban J connectivity index is 1.62. The topological polar surface area (TPSA) is 65.5 Å². The molecule has 0 radical (unpaired) electrons. The van der Waals surface area contributed by atoms with Crippen molar-refractivity contribution in [1.29, 1.82) is 0 Å². The van der Waals surface area contributed by atoms with Crippen molar-refractivity contribution in [3.63, 3.8) is 0 Å². The van der Waals surface area contributed by atoms with Gasteiger partial charge in [0.2, 0.25) is 5.95 Å². The van der Waals surface area contributed by atoms with E-state index in [0.29, 0.717) is 18.7 Å². The minimum absolute atomic E-state index is 0.0613. The number of unbranched alkanes of at least 4 members (excludes halogenated alkanes) is 1. The van der Waals surface area contributed by atoms with Gasteiger partial charge in [0.15, 0.2) is 0 Å². The van der Waals surface area contributed by atoms with Gasteiger partial charge < -0.3 is 14.7 Å². The summed E-state index contributed by atoms with van der Waals surface area (Å²) in [5.74, 6) is 1.63. The summed E-state index contributed by atoms with van der Waals surface area (Å²) in [5, 5.41) is 0. The van der Waals surface area contributed by atoms with E-state index in [9.17, 15) is 4.79 Å². The van der Waals surface area contributed by atoms with Crippen LogP contribution in [-0.4, -0.2) is 65.5 Å². The van der Waals surface area contributed by atoms with Crippen molar-refractivity contribution in [2.75, 3.05) is 49.6 Å². The highest BCUT2D eigenvalue weighted by Gasteiger charge is 2.23. The second kappa shape index (κ2) is 8.60. The second-order valence-corrected chi connectivity index (χ2v) is 6.51. The number of carbonyl (C=O) groups excluding carboxylic acids is 1. The van der Waals surface area contributed by atoms with Crippen molar-refractivity contribution in [2.24, 2.45) is 0 Å². The first-order valence-electron chi connectivity index (χ1n) is 9.17. The number of carbonyl (C=O) groups is 1. The molecule has 1 aliphatic rings. The summed E-state index contributed by atoms with van der Waals surface area (Å²) < 4.78 is 0. The van der Waals surface area contributed by atoms with Gasteiger partial charge in [-0.2, -0.15) is 0 Å². The van der Waals surface area contributed by atoms with Gasteiger partial charge in [-0.1, -0.05) is 13.3 Å². The lowest BCUT2D eigenvalue weighted by molar-refractivity contribution is 0.0746. The van der Waals surface area contributed by atoms with Crippen LogP contribution in [0, 0.1) is 0 Å². The predicted octanol–water partition coefficient (Wildman–Crippen LogP) is 2.07. The molecule has 138 valence electrons. The lowest BCUT2D eigenvalue weighted by Crippen LogP contribution is -2.49. The first-order chi connectivity index (χ1) is 12.7. The lowest BCUT2D eigenvalue weighted by atomic mass is 10.2. The van der Waals surface area contributed by atoms with E-state index < -0.39 is 0 Å². The van der Waals surface area contributed by atoms with E-state index in [4.69, 9.17) is 0 Å². The van der Waals surface area contributed by atoms with E-state index in [2.05, 4.69) is 31.7 Å². The maximum Gasteiger partial charge on any atom is 0.254 e. The molecular formula is C19H26N6O. The molecule has 1 amide bonds. The van der Waals surface area contributed by atoms with Gasteiger partial charge in [0.1, 0.15) is 5.82 Å². The number of amides is 1. The molecule has 26 heavy (non-hydrogen) atoms. The minimum Gasteiger partial charge on any atom is -0.360 e. The van der Waals surface area contributed by atoms with Crippen LogP contribution in [0.3, 0.4) is 0 Å². The molecule has 3 heterocycles. The van der Waals surface area contributed by atoms with Crippen LogP contribution in [0.5, 0.6) is 0 Å². The molecule has 0 aliphatic carbocycles. The first-order valence-corrected chi connectivity index (χ1v) is 9.17. The molecule has 2 aromatic rings. The third kappa shape index (κ3) is 4.28. The fourth-order valence-electron chi connectivity index (χ4n) is 3.02. The molecule has 3 rings (SSSR count). The Hall–Kier alpha value is -2.70. The van der Waals surface area contributed by atoms with Crippen molar-refractivity contribution >= 4 is 17.7 Å². The van der Waals surface area contributed by atoms with Crippen molar-refractivity contribution in [3.05, 3.63) is 42.4 Å². The lowest BCUT2D eigenvalue weighted by Gasteiger charge is -2.34. The number of anilines is 2. The highest BCUT2D eigenvalue weighted by atomic mass is 16.2. The Morgan fingerprint density at radius 2 is 1.85 bits per heavy atom. The monoisotopic (exact) mass is 354 g/mol. The van der Waals surface area contributed by atoms with E-state index in [-0.39, 0.29) is 5.91 Å². The Bertz CT molecular complexity index is 715. The van der Waals surface area contributed by atoms with E-state index in [1.165, 1.54) is 0 Å². The molecule has 0 atom stereocenters. The minimum atomic E-state index is 0.0613. The number of nitrogens with zero attached hydrogens (tertiary/aromatic N) is 6. The molecule has 2 aromatic heterocycles. The van der Waals surface area contributed by atoms with Crippen molar-refractivity contribution in [1.82, 2.24) is 19.9 Å². The van der Waals surface area contributed by atoms with E-state index >= 15 is 0 Å². The van der Waals surface area contributed by atoms with Gasteiger partial charge in [-0.25, -0.2) is 15.0 Å². The molecule has 1 aliphatic heterocycles. The Morgan fingerprint density at radius 1 is 1.12 bits per heavy atom. The second-order valence-electron chi connectivity index (χ2n) is 6.51. The van der Waals surface area contributed by atoms with E-state index in [0.717, 1.165) is 44.2 Å². The summed E-state index contributed by atoms with van der Waals surface area (Å²) in [5.41, 5.74) is 0.697. The van der Waals surface area contributed by atoms with Crippen molar-refractivity contribution < 1.29 is 4.79 Å². The molecule has 1 fully saturated rings. The normalized spacial score (nSPS) is 14.4. The summed E-state index contributed by atoms with van der Waals surface area (Å²) in [7, 11) is 2.02. The number of rotatable bonds is 6. The average molecular weight is 354 g/mol. The number of pyridine rings is 1. The Kier molecular flexibility index (Phi) is 5.99. The fraction of sp³-hybridized carbons (Fsp3) is 0.474. The average Bonchev–Trinajstić information content (AvgIpc) is 2.72. The zero-order valence-corrected chi connectivity index (χ0v) is 15.5. The fourth-order valence-corrected chi connectivity index (χ4v) is 3.02. The molecule has 7 nitrogen and oxygen atoms in total. The number of aromatic nitrogens is 3. The highest BCUT2D eigenvalue weighted by Crippen LogP contribution is 2.16. The molecule has 0 N–H and O–H groups in total. The van der Waals surface area contributed by atoms with Gasteiger partial charge in [-0.3, -0.25) is 4.79 Å². The van der Waals surface area contributed by atoms with Crippen LogP contribution >= 0.6 is 0 Å². The molecule has 0 spiro atoms. The molecule has 1 saturated heterocycles. The molecule has 7 heteroatoms. The SMILES string of the molecule is CCCCN(C)c1cc(C(=O)N2CCN(c3ncccn3)CC2)ccn1. The molecule has 0 saturated carbocycles. The summed E-state index contributed by atoms with van der Waals surface area (Å²) in [6.45, 7) is 5.92. The third-order valence-electron chi connectivity index (χ3n) is 4.63. The van der Waals surface area contributed by atoms with Gasteiger partial charge in [-0.15, -0.1) is 0 Å². The summed E-state index contributed by atoms with van der Waals surface area (Å²) >= 11 is 0. The van der Waals surface area contributed by atoms with Crippen LogP contribution in [0.2, 0.25) is 0 Å². The van der Waals surface area contributed by atoms with E-state index in [1.807, 2.05) is 24.1 Å². The predicted molar refractivity (Wildman–Crippen MR) is 103 cm³/mol. The van der Waals surface area contributed by atoms with Crippen LogP contribution in [0.4, 0.5) is 11.8 Å². The molecule has 0 bridgehead atoms. The van der Waals surface area contributed by atoms with Gasteiger partial charge in [0, 0.05) is 63.9 Å². The Labute approximate surface area is 154 Å². The maximum absolute atomic E-state index is 12.9. The van der Waals surface area contributed by atoms with E-state index in [1.54, 1.807) is 24.7 Å². The largest absolute Gasteiger partial charge is 0.360 e. The van der Waals surface area contributed by atoms with Gasteiger partial charge in [0.05, 0.1) is 0 Å². The zero-order chi connectivity index (χ0) is 18.4. The number of hydrogen-bond acceptors (Lipinski definition) is 6. The smallest absolute Gasteiger partial charge is 0.254 e. The zero-order valence-electron chi connectivity index (χ0n) is 15.5. The van der Waals surface area contributed by atoms with Crippen LogP contribution < -0.4 is 9.80 Å². The van der Waals surface area contributed by atoms with Crippen LogP contribution in [0.15, 0.2) is 36.8 Å². The number of hydrogen-bond donors (Lipinski definition) is 0. The highest BCUT2D eigenvalue weighted by molar-refractivity contribution is 5.95.